The molecule has 0 radical (unpaired) electrons. The van der Waals surface area contributed by atoms with E-state index in [9.17, 15) is 18.0 Å². The maximum absolute atomic E-state index is 13.1. The van der Waals surface area contributed by atoms with E-state index in [4.69, 9.17) is 4.52 Å². The van der Waals surface area contributed by atoms with E-state index in [1.807, 2.05) is 30.3 Å². The van der Waals surface area contributed by atoms with E-state index in [0.29, 0.717) is 12.0 Å². The molecule has 0 saturated carbocycles. The maximum atomic E-state index is 13.1. The van der Waals surface area contributed by atoms with Crippen molar-refractivity contribution in [2.45, 2.75) is 18.6 Å². The van der Waals surface area contributed by atoms with Crippen molar-refractivity contribution in [2.75, 3.05) is 0 Å². The number of amides is 1. The third-order valence-corrected chi connectivity index (χ3v) is 4.81. The van der Waals surface area contributed by atoms with Crippen molar-refractivity contribution in [3.8, 4) is 11.4 Å². The van der Waals surface area contributed by atoms with Crippen LogP contribution in [0.3, 0.4) is 0 Å². The normalized spacial score (nSPS) is 12.3. The standard InChI is InChI=1S/C24H18F3N3O2/c25-24(26,27)19-13-7-12-18(15-19)21-29-23(32-30-21)20(14-16-8-3-1-4-9-16)28-22(31)17-10-5-2-6-11-17/h1-13,15,20H,14H2,(H,28,31)/t20-/m1/s1. The molecule has 32 heavy (non-hydrogen) atoms. The highest BCUT2D eigenvalue weighted by atomic mass is 19.4. The van der Waals surface area contributed by atoms with Gasteiger partial charge in [0.2, 0.25) is 11.7 Å². The van der Waals surface area contributed by atoms with Gasteiger partial charge in [-0.05, 0) is 29.8 Å². The number of hydrogen-bond donors (Lipinski definition) is 1. The first-order valence-corrected chi connectivity index (χ1v) is 9.81. The molecule has 1 N–H and O–H groups in total. The largest absolute Gasteiger partial charge is 0.416 e. The molecule has 1 atom stereocenters. The molecule has 0 saturated heterocycles. The average molecular weight is 437 g/mol. The predicted octanol–water partition coefficient (Wildman–Crippen LogP) is 5.47. The Morgan fingerprint density at radius 1 is 0.938 bits per heavy atom. The van der Waals surface area contributed by atoms with Crippen LogP contribution >= 0.6 is 0 Å². The summed E-state index contributed by atoms with van der Waals surface area (Å²) < 4.78 is 44.5. The number of alkyl halides is 3. The van der Waals surface area contributed by atoms with E-state index in [1.165, 1.54) is 12.1 Å². The van der Waals surface area contributed by atoms with Gasteiger partial charge in [0.25, 0.3) is 5.91 Å². The zero-order valence-electron chi connectivity index (χ0n) is 16.7. The number of nitrogens with zero attached hydrogens (tertiary/aromatic N) is 2. The van der Waals surface area contributed by atoms with Gasteiger partial charge in [-0.15, -0.1) is 0 Å². The minimum absolute atomic E-state index is 0.0121. The highest BCUT2D eigenvalue weighted by molar-refractivity contribution is 5.94. The molecule has 8 heteroatoms. The molecule has 0 aliphatic carbocycles. The lowest BCUT2D eigenvalue weighted by Gasteiger charge is -2.15. The van der Waals surface area contributed by atoms with Crippen LogP contribution in [0.25, 0.3) is 11.4 Å². The van der Waals surface area contributed by atoms with Crippen LogP contribution in [0.4, 0.5) is 13.2 Å². The molecule has 0 spiro atoms. The fourth-order valence-electron chi connectivity index (χ4n) is 3.21. The van der Waals surface area contributed by atoms with Crippen LogP contribution in [0.2, 0.25) is 0 Å². The van der Waals surface area contributed by atoms with Gasteiger partial charge in [0.15, 0.2) is 0 Å². The fraction of sp³-hybridized carbons (Fsp3) is 0.125. The Balaban J connectivity index is 1.63. The minimum atomic E-state index is -4.48. The number of halogens is 3. The van der Waals surface area contributed by atoms with Gasteiger partial charge in [0, 0.05) is 17.5 Å². The van der Waals surface area contributed by atoms with E-state index >= 15 is 0 Å². The van der Waals surface area contributed by atoms with Crippen LogP contribution in [-0.2, 0) is 12.6 Å². The van der Waals surface area contributed by atoms with Crippen LogP contribution in [0.15, 0.2) is 89.5 Å². The number of rotatable bonds is 6. The Hall–Kier alpha value is -3.94. The number of hydrogen-bond acceptors (Lipinski definition) is 4. The summed E-state index contributed by atoms with van der Waals surface area (Å²) in [6, 6.07) is 22.1. The number of aromatic nitrogens is 2. The first kappa shape index (κ1) is 21.3. The van der Waals surface area contributed by atoms with E-state index in [2.05, 4.69) is 15.5 Å². The molecule has 0 bridgehead atoms. The van der Waals surface area contributed by atoms with Gasteiger partial charge in [0.1, 0.15) is 6.04 Å². The number of nitrogens with one attached hydrogen (secondary N) is 1. The van der Waals surface area contributed by atoms with Crippen molar-refractivity contribution in [1.29, 1.82) is 0 Å². The first-order chi connectivity index (χ1) is 15.4. The Morgan fingerprint density at radius 2 is 1.62 bits per heavy atom. The third-order valence-electron chi connectivity index (χ3n) is 4.81. The van der Waals surface area contributed by atoms with E-state index in [1.54, 1.807) is 30.3 Å². The molecule has 5 nitrogen and oxygen atoms in total. The highest BCUT2D eigenvalue weighted by Crippen LogP contribution is 2.32. The first-order valence-electron chi connectivity index (χ1n) is 9.81. The van der Waals surface area contributed by atoms with Gasteiger partial charge in [-0.1, -0.05) is 65.8 Å². The number of carbonyl (C=O) groups excluding carboxylic acids is 1. The minimum Gasteiger partial charge on any atom is -0.340 e. The molecule has 0 fully saturated rings. The molecule has 0 aliphatic rings. The van der Waals surface area contributed by atoms with Crippen LogP contribution in [-0.4, -0.2) is 16.0 Å². The SMILES string of the molecule is O=C(N[C@H](Cc1ccccc1)c1nc(-c2cccc(C(F)(F)F)c2)no1)c1ccccc1. The van der Waals surface area contributed by atoms with Crippen molar-refractivity contribution in [2.24, 2.45) is 0 Å². The summed E-state index contributed by atoms with van der Waals surface area (Å²) in [4.78, 5) is 17.0. The molecule has 4 rings (SSSR count). The topological polar surface area (TPSA) is 68.0 Å². The molecule has 3 aromatic carbocycles. The summed E-state index contributed by atoms with van der Waals surface area (Å²) in [5.41, 5.74) is 0.745. The molecule has 0 aliphatic heterocycles. The van der Waals surface area contributed by atoms with Gasteiger partial charge >= 0.3 is 6.18 Å². The van der Waals surface area contributed by atoms with Crippen LogP contribution in [0.5, 0.6) is 0 Å². The van der Waals surface area contributed by atoms with Gasteiger partial charge in [0.05, 0.1) is 5.56 Å². The Morgan fingerprint density at radius 3 is 2.31 bits per heavy atom. The molecule has 1 heterocycles. The summed E-state index contributed by atoms with van der Waals surface area (Å²) in [6.45, 7) is 0. The maximum Gasteiger partial charge on any atom is 0.416 e. The van der Waals surface area contributed by atoms with Gasteiger partial charge < -0.3 is 9.84 Å². The second-order valence-corrected chi connectivity index (χ2v) is 7.12. The van der Waals surface area contributed by atoms with Crippen LogP contribution in [0, 0.1) is 0 Å². The summed E-state index contributed by atoms with van der Waals surface area (Å²) in [6.07, 6.45) is -4.12. The predicted molar refractivity (Wildman–Crippen MR) is 112 cm³/mol. The zero-order chi connectivity index (χ0) is 22.6. The molecule has 0 unspecified atom stereocenters. The molecule has 4 aromatic rings. The Labute approximate surface area is 181 Å². The van der Waals surface area contributed by atoms with Crippen molar-refractivity contribution >= 4 is 5.91 Å². The van der Waals surface area contributed by atoms with Crippen molar-refractivity contribution in [1.82, 2.24) is 15.5 Å². The van der Waals surface area contributed by atoms with Crippen LogP contribution in [0.1, 0.15) is 33.4 Å². The van der Waals surface area contributed by atoms with E-state index < -0.39 is 17.8 Å². The molecular formula is C24H18F3N3O2. The molecule has 1 aromatic heterocycles. The average Bonchev–Trinajstić information content (AvgIpc) is 3.30. The summed E-state index contributed by atoms with van der Waals surface area (Å²) in [7, 11) is 0. The third kappa shape index (κ3) is 5.03. The second kappa shape index (κ2) is 9.05. The van der Waals surface area contributed by atoms with Gasteiger partial charge in [-0.2, -0.15) is 18.2 Å². The lowest BCUT2D eigenvalue weighted by molar-refractivity contribution is -0.137. The van der Waals surface area contributed by atoms with E-state index in [-0.39, 0.29) is 23.2 Å². The smallest absolute Gasteiger partial charge is 0.340 e. The Kier molecular flexibility index (Phi) is 6.02. The number of benzene rings is 3. The monoisotopic (exact) mass is 437 g/mol. The van der Waals surface area contributed by atoms with Gasteiger partial charge in [-0.25, -0.2) is 0 Å². The van der Waals surface area contributed by atoms with Crippen molar-refractivity contribution < 1.29 is 22.5 Å². The zero-order valence-corrected chi connectivity index (χ0v) is 16.7. The lowest BCUT2D eigenvalue weighted by Crippen LogP contribution is -2.30. The summed E-state index contributed by atoms with van der Waals surface area (Å²) in [5, 5.41) is 6.73. The summed E-state index contributed by atoms with van der Waals surface area (Å²) in [5.74, 6) is -0.214. The molecule has 162 valence electrons. The quantitative estimate of drug-likeness (QED) is 0.434. The molecular weight excluding hydrogens is 419 g/mol. The number of carbonyl (C=O) groups is 1. The van der Waals surface area contributed by atoms with Gasteiger partial charge in [-0.3, -0.25) is 4.79 Å². The fourth-order valence-corrected chi connectivity index (χ4v) is 3.21. The second-order valence-electron chi connectivity index (χ2n) is 7.12. The lowest BCUT2D eigenvalue weighted by atomic mass is 10.1. The van der Waals surface area contributed by atoms with Crippen molar-refractivity contribution in [3.05, 3.63) is 108 Å². The highest BCUT2D eigenvalue weighted by Gasteiger charge is 2.31. The Bertz CT molecular complexity index is 1190. The molecule has 1 amide bonds. The summed E-state index contributed by atoms with van der Waals surface area (Å²) >= 11 is 0. The van der Waals surface area contributed by atoms with E-state index in [0.717, 1.165) is 17.7 Å². The van der Waals surface area contributed by atoms with Crippen molar-refractivity contribution in [3.63, 3.8) is 0 Å². The van der Waals surface area contributed by atoms with Crippen LogP contribution < -0.4 is 5.32 Å².